The van der Waals surface area contributed by atoms with Gasteiger partial charge >= 0.3 is 6.18 Å². The molecule has 116 valence electrons. The van der Waals surface area contributed by atoms with E-state index in [0.29, 0.717) is 0 Å². The molecule has 0 fully saturated rings. The van der Waals surface area contributed by atoms with Gasteiger partial charge in [0.1, 0.15) is 12.3 Å². The Balaban J connectivity index is 2.34. The van der Waals surface area contributed by atoms with Crippen LogP contribution in [-0.4, -0.2) is 24.4 Å². The fraction of sp³-hybridized carbons (Fsp3) is 0.286. The minimum Gasteiger partial charge on any atom is -0.373 e. The van der Waals surface area contributed by atoms with Crippen LogP contribution in [0.3, 0.4) is 0 Å². The first kappa shape index (κ1) is 14.9. The van der Waals surface area contributed by atoms with Gasteiger partial charge in [-0.1, -0.05) is 17.7 Å². The van der Waals surface area contributed by atoms with Gasteiger partial charge in [-0.25, -0.2) is 0 Å². The SMILES string of the molecule is O=CC1(C(F)(F)F)c2cc(Cl)ccc2NC2C(=O)NC=CC21. The number of alkyl halides is 3. The van der Waals surface area contributed by atoms with Crippen LogP contribution in [0.5, 0.6) is 0 Å². The topological polar surface area (TPSA) is 58.2 Å². The predicted octanol–water partition coefficient (Wildman–Crippen LogP) is 2.39. The molecule has 1 amide bonds. The molecule has 0 radical (unpaired) electrons. The quantitative estimate of drug-likeness (QED) is 0.777. The van der Waals surface area contributed by atoms with E-state index in [4.69, 9.17) is 11.6 Å². The van der Waals surface area contributed by atoms with Gasteiger partial charge in [-0.2, -0.15) is 13.2 Å². The molecule has 22 heavy (non-hydrogen) atoms. The molecule has 2 N–H and O–H groups in total. The lowest BCUT2D eigenvalue weighted by atomic mass is 9.64. The second-order valence-electron chi connectivity index (χ2n) is 5.19. The van der Waals surface area contributed by atoms with Crippen LogP contribution in [0.15, 0.2) is 30.5 Å². The summed E-state index contributed by atoms with van der Waals surface area (Å²) in [7, 11) is 0. The smallest absolute Gasteiger partial charge is 0.373 e. The van der Waals surface area contributed by atoms with E-state index in [0.717, 1.165) is 12.3 Å². The second kappa shape index (κ2) is 4.74. The minimum atomic E-state index is -4.87. The molecule has 0 saturated carbocycles. The first-order valence-electron chi connectivity index (χ1n) is 6.38. The van der Waals surface area contributed by atoms with Crippen molar-refractivity contribution in [2.45, 2.75) is 17.6 Å². The number of carbonyl (C=O) groups is 2. The van der Waals surface area contributed by atoms with Gasteiger partial charge in [0.25, 0.3) is 0 Å². The average Bonchev–Trinajstić information content (AvgIpc) is 2.44. The van der Waals surface area contributed by atoms with Crippen LogP contribution in [-0.2, 0) is 15.0 Å². The molecule has 0 aliphatic carbocycles. The van der Waals surface area contributed by atoms with Gasteiger partial charge < -0.3 is 15.4 Å². The lowest BCUT2D eigenvalue weighted by Crippen LogP contribution is -2.62. The standard InChI is InChI=1S/C14H10ClF3N2O2/c15-7-1-2-10-9(5-7)13(6-21,14(16,17)18)8-3-4-19-12(22)11(8)20-10/h1-6,8,11,20H,(H,19,22). The molecular weight excluding hydrogens is 321 g/mol. The van der Waals surface area contributed by atoms with Crippen molar-refractivity contribution in [3.05, 3.63) is 41.1 Å². The third-order valence-corrected chi connectivity index (χ3v) is 4.32. The van der Waals surface area contributed by atoms with Gasteiger partial charge in [0.2, 0.25) is 5.91 Å². The van der Waals surface area contributed by atoms with Gasteiger partial charge in [-0.15, -0.1) is 0 Å². The number of halogens is 4. The zero-order valence-corrected chi connectivity index (χ0v) is 11.7. The summed E-state index contributed by atoms with van der Waals surface area (Å²) in [6.07, 6.45) is -2.69. The minimum absolute atomic E-state index is 0.0699. The fourth-order valence-corrected chi connectivity index (χ4v) is 3.22. The third kappa shape index (κ3) is 1.85. The number of rotatable bonds is 1. The Morgan fingerprint density at radius 3 is 2.68 bits per heavy atom. The number of hydrogen-bond donors (Lipinski definition) is 2. The van der Waals surface area contributed by atoms with E-state index in [1.165, 1.54) is 18.2 Å². The summed E-state index contributed by atoms with van der Waals surface area (Å²) in [6, 6.07) is 2.66. The molecule has 0 aromatic heterocycles. The average molecular weight is 331 g/mol. The number of aldehydes is 1. The molecule has 4 nitrogen and oxygen atoms in total. The van der Waals surface area contributed by atoms with Crippen molar-refractivity contribution in [3.8, 4) is 0 Å². The van der Waals surface area contributed by atoms with Gasteiger partial charge in [-0.05, 0) is 23.8 Å². The summed E-state index contributed by atoms with van der Waals surface area (Å²) in [5, 5.41) is 5.18. The van der Waals surface area contributed by atoms with E-state index in [1.54, 1.807) is 0 Å². The van der Waals surface area contributed by atoms with E-state index in [1.807, 2.05) is 0 Å². The van der Waals surface area contributed by atoms with Crippen LogP contribution in [0.2, 0.25) is 5.02 Å². The molecule has 1 aromatic carbocycles. The fourth-order valence-electron chi connectivity index (χ4n) is 3.05. The number of anilines is 1. The molecule has 8 heteroatoms. The predicted molar refractivity (Wildman–Crippen MR) is 73.4 cm³/mol. The van der Waals surface area contributed by atoms with Gasteiger partial charge in [0.15, 0.2) is 5.41 Å². The van der Waals surface area contributed by atoms with Crippen molar-refractivity contribution in [1.29, 1.82) is 0 Å². The lowest BCUT2D eigenvalue weighted by molar-refractivity contribution is -0.198. The Morgan fingerprint density at radius 1 is 1.32 bits per heavy atom. The zero-order chi connectivity index (χ0) is 16.1. The maximum absolute atomic E-state index is 13.8. The highest BCUT2D eigenvalue weighted by atomic mass is 35.5. The summed E-state index contributed by atoms with van der Waals surface area (Å²) >= 11 is 5.81. The Morgan fingerprint density at radius 2 is 2.05 bits per heavy atom. The van der Waals surface area contributed by atoms with E-state index >= 15 is 0 Å². The summed E-state index contributed by atoms with van der Waals surface area (Å²) in [6.45, 7) is 0. The van der Waals surface area contributed by atoms with Crippen molar-refractivity contribution in [1.82, 2.24) is 5.32 Å². The summed E-state index contributed by atoms with van der Waals surface area (Å²) < 4.78 is 41.5. The highest BCUT2D eigenvalue weighted by molar-refractivity contribution is 6.30. The van der Waals surface area contributed by atoms with E-state index in [2.05, 4.69) is 10.6 Å². The lowest BCUT2D eigenvalue weighted by Gasteiger charge is -2.46. The molecule has 0 saturated heterocycles. The van der Waals surface area contributed by atoms with E-state index < -0.39 is 29.5 Å². The number of hydrogen-bond acceptors (Lipinski definition) is 3. The normalized spacial score (nSPS) is 29.9. The number of fused-ring (bicyclic) bond motifs is 2. The van der Waals surface area contributed by atoms with Crippen LogP contribution in [0.4, 0.5) is 18.9 Å². The van der Waals surface area contributed by atoms with Gasteiger partial charge in [0, 0.05) is 22.8 Å². The number of amides is 1. The number of carbonyl (C=O) groups excluding carboxylic acids is 2. The van der Waals surface area contributed by atoms with Crippen LogP contribution >= 0.6 is 11.6 Å². The maximum Gasteiger partial charge on any atom is 0.405 e. The molecular formula is C14H10ClF3N2O2. The maximum atomic E-state index is 13.8. The van der Waals surface area contributed by atoms with Crippen molar-refractivity contribution in [2.24, 2.45) is 5.92 Å². The van der Waals surface area contributed by atoms with Crippen LogP contribution < -0.4 is 10.6 Å². The molecule has 3 rings (SSSR count). The van der Waals surface area contributed by atoms with Crippen molar-refractivity contribution in [3.63, 3.8) is 0 Å². The van der Waals surface area contributed by atoms with Crippen molar-refractivity contribution >= 4 is 29.5 Å². The Labute approximate surface area is 128 Å². The van der Waals surface area contributed by atoms with Crippen molar-refractivity contribution < 1.29 is 22.8 Å². The van der Waals surface area contributed by atoms with Gasteiger partial charge in [0.05, 0.1) is 0 Å². The Kier molecular flexibility index (Phi) is 3.21. The molecule has 2 aliphatic heterocycles. The molecule has 1 aromatic rings. The number of nitrogens with one attached hydrogen (secondary N) is 2. The molecule has 2 aliphatic rings. The zero-order valence-electron chi connectivity index (χ0n) is 10.9. The second-order valence-corrected chi connectivity index (χ2v) is 5.63. The monoisotopic (exact) mass is 330 g/mol. The molecule has 2 heterocycles. The highest BCUT2D eigenvalue weighted by Crippen LogP contribution is 2.53. The first-order chi connectivity index (χ1) is 10.3. The largest absolute Gasteiger partial charge is 0.405 e. The van der Waals surface area contributed by atoms with Crippen LogP contribution in [0.1, 0.15) is 5.56 Å². The molecule has 0 spiro atoms. The van der Waals surface area contributed by atoms with Crippen LogP contribution in [0.25, 0.3) is 0 Å². The van der Waals surface area contributed by atoms with E-state index in [-0.39, 0.29) is 22.6 Å². The summed E-state index contributed by atoms with van der Waals surface area (Å²) in [4.78, 5) is 23.5. The summed E-state index contributed by atoms with van der Waals surface area (Å²) in [5.41, 5.74) is -3.03. The molecule has 0 bridgehead atoms. The number of benzene rings is 1. The highest BCUT2D eigenvalue weighted by Gasteiger charge is 2.65. The first-order valence-corrected chi connectivity index (χ1v) is 6.76. The van der Waals surface area contributed by atoms with Crippen LogP contribution in [0, 0.1) is 5.92 Å². The van der Waals surface area contributed by atoms with E-state index in [9.17, 15) is 22.8 Å². The summed E-state index contributed by atoms with van der Waals surface area (Å²) in [5.74, 6) is -2.01. The van der Waals surface area contributed by atoms with Gasteiger partial charge in [-0.3, -0.25) is 4.79 Å². The third-order valence-electron chi connectivity index (χ3n) is 4.09. The Hall–Kier alpha value is -2.02. The Bertz CT molecular complexity index is 689. The molecule has 3 unspecified atom stereocenters. The van der Waals surface area contributed by atoms with Crippen molar-refractivity contribution in [2.75, 3.05) is 5.32 Å². The molecule has 3 atom stereocenters.